The number of hydrogen-bond donors (Lipinski definition) is 0. The second-order valence-electron chi connectivity index (χ2n) is 5.53. The largest absolute Gasteiger partial charge is 0.465 e. The van der Waals surface area contributed by atoms with Gasteiger partial charge in [0.1, 0.15) is 0 Å². The summed E-state index contributed by atoms with van der Waals surface area (Å²) in [5.74, 6) is 0.144. The van der Waals surface area contributed by atoms with E-state index in [4.69, 9.17) is 4.74 Å². The van der Waals surface area contributed by atoms with Crippen LogP contribution in [-0.2, 0) is 9.53 Å². The van der Waals surface area contributed by atoms with Gasteiger partial charge in [-0.25, -0.2) is 0 Å². The van der Waals surface area contributed by atoms with Crippen LogP contribution < -0.4 is 0 Å². The third kappa shape index (κ3) is 4.38. The van der Waals surface area contributed by atoms with Crippen molar-refractivity contribution in [3.63, 3.8) is 0 Å². The Kier molecular flexibility index (Phi) is 6.07. The number of esters is 1. The van der Waals surface area contributed by atoms with Crippen molar-refractivity contribution in [3.05, 3.63) is 34.9 Å². The lowest BCUT2D eigenvalue weighted by molar-refractivity contribution is -0.146. The van der Waals surface area contributed by atoms with Gasteiger partial charge in [-0.05, 0) is 49.8 Å². The quantitative estimate of drug-likeness (QED) is 0.711. The maximum absolute atomic E-state index is 12.1. The summed E-state index contributed by atoms with van der Waals surface area (Å²) in [4.78, 5) is 12.1. The van der Waals surface area contributed by atoms with Gasteiger partial charge in [0.15, 0.2) is 0 Å². The molecule has 19 heavy (non-hydrogen) atoms. The average molecular weight is 262 g/mol. The number of aryl methyl sites for hydroxylation is 1. The maximum atomic E-state index is 12.1. The lowest BCUT2D eigenvalue weighted by atomic mass is 9.93. The predicted octanol–water partition coefficient (Wildman–Crippen LogP) is 4.39. The van der Waals surface area contributed by atoms with Crippen LogP contribution in [-0.4, -0.2) is 12.6 Å². The summed E-state index contributed by atoms with van der Waals surface area (Å²) in [7, 11) is 0. The summed E-state index contributed by atoms with van der Waals surface area (Å²) in [5.41, 5.74) is 3.48. The van der Waals surface area contributed by atoms with Gasteiger partial charge in [-0.1, -0.05) is 38.5 Å². The molecule has 1 rings (SSSR count). The molecule has 0 radical (unpaired) electrons. The van der Waals surface area contributed by atoms with Crippen LogP contribution in [0.4, 0.5) is 0 Å². The van der Waals surface area contributed by atoms with Crippen molar-refractivity contribution in [2.75, 3.05) is 6.61 Å². The van der Waals surface area contributed by atoms with E-state index in [1.807, 2.05) is 19.1 Å². The van der Waals surface area contributed by atoms with Crippen LogP contribution in [0.1, 0.15) is 56.2 Å². The van der Waals surface area contributed by atoms with Crippen molar-refractivity contribution >= 4 is 5.97 Å². The van der Waals surface area contributed by atoms with Gasteiger partial charge in [0.25, 0.3) is 0 Å². The smallest absolute Gasteiger partial charge is 0.313 e. The van der Waals surface area contributed by atoms with Gasteiger partial charge < -0.3 is 4.74 Å². The number of carbonyl (C=O) groups is 1. The molecule has 106 valence electrons. The summed E-state index contributed by atoms with van der Waals surface area (Å²) < 4.78 is 5.43. The van der Waals surface area contributed by atoms with Crippen molar-refractivity contribution in [3.8, 4) is 0 Å². The highest BCUT2D eigenvalue weighted by Gasteiger charge is 2.19. The normalized spacial score (nSPS) is 13.9. The zero-order chi connectivity index (χ0) is 14.4. The highest BCUT2D eigenvalue weighted by molar-refractivity contribution is 5.78. The Balaban J connectivity index is 2.64. The molecule has 0 fully saturated rings. The third-order valence-corrected chi connectivity index (χ3v) is 3.76. The molecular formula is C17H26O2. The van der Waals surface area contributed by atoms with Gasteiger partial charge in [-0.15, -0.1) is 0 Å². The summed E-state index contributed by atoms with van der Waals surface area (Å²) in [5, 5.41) is 0. The van der Waals surface area contributed by atoms with Crippen molar-refractivity contribution < 1.29 is 9.53 Å². The Bertz CT molecular complexity index is 423. The molecule has 2 atom stereocenters. The van der Waals surface area contributed by atoms with Crippen LogP contribution in [0.3, 0.4) is 0 Å². The zero-order valence-corrected chi connectivity index (χ0v) is 12.8. The number of rotatable bonds is 6. The fourth-order valence-corrected chi connectivity index (χ4v) is 2.30. The lowest BCUT2D eigenvalue weighted by Crippen LogP contribution is -2.18. The monoisotopic (exact) mass is 262 g/mol. The van der Waals surface area contributed by atoms with Crippen molar-refractivity contribution in [1.29, 1.82) is 0 Å². The van der Waals surface area contributed by atoms with E-state index in [1.165, 1.54) is 11.1 Å². The molecule has 2 heteroatoms. The van der Waals surface area contributed by atoms with E-state index in [0.29, 0.717) is 12.5 Å². The van der Waals surface area contributed by atoms with Crippen molar-refractivity contribution in [1.82, 2.24) is 0 Å². The molecule has 0 aliphatic rings. The van der Waals surface area contributed by atoms with E-state index < -0.39 is 0 Å². The Labute approximate surface area is 117 Å². The fourth-order valence-electron chi connectivity index (χ4n) is 2.30. The Morgan fingerprint density at radius 2 is 1.95 bits per heavy atom. The van der Waals surface area contributed by atoms with Gasteiger partial charge in [-0.2, -0.15) is 0 Å². The SMILES string of the molecule is CCCC(C)COC(=O)C(C)c1cccc(C)c1C. The third-order valence-electron chi connectivity index (χ3n) is 3.76. The Morgan fingerprint density at radius 1 is 1.26 bits per heavy atom. The average Bonchev–Trinajstić information content (AvgIpc) is 2.38. The predicted molar refractivity (Wildman–Crippen MR) is 79.4 cm³/mol. The lowest BCUT2D eigenvalue weighted by Gasteiger charge is -2.17. The fraction of sp³-hybridized carbons (Fsp3) is 0.588. The van der Waals surface area contributed by atoms with Crippen LogP contribution in [0.2, 0.25) is 0 Å². The molecule has 0 spiro atoms. The van der Waals surface area contributed by atoms with E-state index in [0.717, 1.165) is 18.4 Å². The molecule has 0 heterocycles. The van der Waals surface area contributed by atoms with Crippen molar-refractivity contribution in [2.24, 2.45) is 5.92 Å². The first-order valence-corrected chi connectivity index (χ1v) is 7.20. The van der Waals surface area contributed by atoms with Gasteiger partial charge in [-0.3, -0.25) is 4.79 Å². The molecule has 2 nitrogen and oxygen atoms in total. The van der Waals surface area contributed by atoms with Gasteiger partial charge in [0.05, 0.1) is 12.5 Å². The molecule has 0 N–H and O–H groups in total. The molecule has 0 aliphatic heterocycles. The minimum atomic E-state index is -0.186. The van der Waals surface area contributed by atoms with Crippen LogP contribution in [0.5, 0.6) is 0 Å². The van der Waals surface area contributed by atoms with Gasteiger partial charge in [0.2, 0.25) is 0 Å². The number of benzene rings is 1. The number of hydrogen-bond acceptors (Lipinski definition) is 2. The van der Waals surface area contributed by atoms with Crippen LogP contribution in [0.25, 0.3) is 0 Å². The molecular weight excluding hydrogens is 236 g/mol. The minimum Gasteiger partial charge on any atom is -0.465 e. The molecule has 0 amide bonds. The van der Waals surface area contributed by atoms with E-state index in [1.54, 1.807) is 0 Å². The number of carbonyl (C=O) groups excluding carboxylic acids is 1. The van der Waals surface area contributed by atoms with Gasteiger partial charge >= 0.3 is 5.97 Å². The minimum absolute atomic E-state index is 0.114. The zero-order valence-electron chi connectivity index (χ0n) is 12.8. The van der Waals surface area contributed by atoms with E-state index in [2.05, 4.69) is 33.8 Å². The Hall–Kier alpha value is -1.31. The van der Waals surface area contributed by atoms with Crippen molar-refractivity contribution in [2.45, 2.75) is 53.4 Å². The van der Waals surface area contributed by atoms with Crippen LogP contribution in [0.15, 0.2) is 18.2 Å². The van der Waals surface area contributed by atoms with Crippen LogP contribution in [0, 0.1) is 19.8 Å². The molecule has 0 aromatic heterocycles. The summed E-state index contributed by atoms with van der Waals surface area (Å²) in [6, 6.07) is 6.09. The summed E-state index contributed by atoms with van der Waals surface area (Å²) >= 11 is 0. The highest BCUT2D eigenvalue weighted by Crippen LogP contribution is 2.23. The molecule has 0 saturated carbocycles. The number of ether oxygens (including phenoxy) is 1. The summed E-state index contributed by atoms with van der Waals surface area (Å²) in [6.07, 6.45) is 2.23. The second-order valence-corrected chi connectivity index (χ2v) is 5.53. The molecule has 0 bridgehead atoms. The van der Waals surface area contributed by atoms with E-state index >= 15 is 0 Å². The second kappa shape index (κ2) is 7.32. The molecule has 0 saturated heterocycles. The van der Waals surface area contributed by atoms with E-state index in [-0.39, 0.29) is 11.9 Å². The van der Waals surface area contributed by atoms with Gasteiger partial charge in [0, 0.05) is 0 Å². The maximum Gasteiger partial charge on any atom is 0.313 e. The molecule has 0 aliphatic carbocycles. The molecule has 2 unspecified atom stereocenters. The van der Waals surface area contributed by atoms with Crippen LogP contribution >= 0.6 is 0 Å². The highest BCUT2D eigenvalue weighted by atomic mass is 16.5. The molecule has 1 aromatic carbocycles. The standard InChI is InChI=1S/C17H26O2/c1-6-8-12(2)11-19-17(18)15(5)16-10-7-9-13(3)14(16)4/h7,9-10,12,15H,6,8,11H2,1-5H3. The Morgan fingerprint density at radius 3 is 2.58 bits per heavy atom. The van der Waals surface area contributed by atoms with E-state index in [9.17, 15) is 4.79 Å². The molecule has 1 aromatic rings. The summed E-state index contributed by atoms with van der Waals surface area (Å²) in [6.45, 7) is 10.9. The first-order valence-electron chi connectivity index (χ1n) is 7.20. The first-order chi connectivity index (χ1) is 8.97. The first kappa shape index (κ1) is 15.7. The topological polar surface area (TPSA) is 26.3 Å².